The molecule has 160 valence electrons. The zero-order valence-corrected chi connectivity index (χ0v) is 19.8. The Balaban J connectivity index is 3.00. The van der Waals surface area contributed by atoms with Gasteiger partial charge >= 0.3 is 0 Å². The topological polar surface area (TPSA) is 90.9 Å². The van der Waals surface area contributed by atoms with Crippen LogP contribution in [0.5, 0.6) is 5.75 Å². The zero-order valence-electron chi connectivity index (χ0n) is 18.0. The number of methoxy groups -OCH3 is 1. The van der Waals surface area contributed by atoms with Crippen molar-refractivity contribution in [1.82, 2.24) is 0 Å². The molecule has 1 rings (SSSR count). The third-order valence-corrected chi connectivity index (χ3v) is 10.1. The molecule has 0 aliphatic carbocycles. The number of hydrogen-bond donors (Lipinski definition) is 1. The van der Waals surface area contributed by atoms with Gasteiger partial charge in [-0.25, -0.2) is 0 Å². The first-order valence-corrected chi connectivity index (χ1v) is 13.9. The van der Waals surface area contributed by atoms with E-state index in [1.54, 1.807) is 38.3 Å². The van der Waals surface area contributed by atoms with Gasteiger partial charge in [-0.3, -0.25) is 8.98 Å². The number of anilines is 1. The van der Waals surface area contributed by atoms with Crippen LogP contribution in [0.1, 0.15) is 27.7 Å². The van der Waals surface area contributed by atoms with Gasteiger partial charge < -0.3 is 14.5 Å². The van der Waals surface area contributed by atoms with E-state index in [0.717, 1.165) is 6.26 Å². The number of ether oxygens (including phenoxy) is 1. The smallest absolute Gasteiger partial charge is 0.264 e. The van der Waals surface area contributed by atoms with Gasteiger partial charge in [0.1, 0.15) is 5.75 Å². The second-order valence-electron chi connectivity index (χ2n) is 8.40. The molecule has 7 nitrogen and oxygen atoms in total. The van der Waals surface area contributed by atoms with E-state index < -0.39 is 30.5 Å². The summed E-state index contributed by atoms with van der Waals surface area (Å²) in [5.74, 6) is -0.476. The molecule has 1 aromatic rings. The second-order valence-corrected chi connectivity index (χ2v) is 14.8. The van der Waals surface area contributed by atoms with Crippen LogP contribution >= 0.6 is 0 Å². The molecule has 0 spiro atoms. The van der Waals surface area contributed by atoms with Crippen molar-refractivity contribution in [3.63, 3.8) is 0 Å². The van der Waals surface area contributed by atoms with Crippen LogP contribution in [0.3, 0.4) is 0 Å². The van der Waals surface area contributed by atoms with E-state index in [9.17, 15) is 13.2 Å². The number of benzene rings is 1. The molecule has 0 saturated carbocycles. The lowest BCUT2D eigenvalue weighted by molar-refractivity contribution is -0.123. The molecule has 0 aromatic heterocycles. The molecule has 1 N–H and O–H groups in total. The first kappa shape index (κ1) is 24.6. The minimum atomic E-state index is -3.68. The van der Waals surface area contributed by atoms with E-state index in [1.165, 1.54) is 0 Å². The van der Waals surface area contributed by atoms with E-state index in [-0.39, 0.29) is 17.6 Å². The van der Waals surface area contributed by atoms with Gasteiger partial charge in [-0.15, -0.1) is 0 Å². The Morgan fingerprint density at radius 1 is 1.18 bits per heavy atom. The van der Waals surface area contributed by atoms with Crippen LogP contribution in [0.4, 0.5) is 5.69 Å². The van der Waals surface area contributed by atoms with Crippen molar-refractivity contribution in [3.8, 4) is 5.75 Å². The number of hydrogen-bond acceptors (Lipinski definition) is 6. The fourth-order valence-electron chi connectivity index (χ4n) is 2.25. The van der Waals surface area contributed by atoms with Crippen LogP contribution in [0.2, 0.25) is 18.1 Å². The van der Waals surface area contributed by atoms with Crippen molar-refractivity contribution in [2.45, 2.75) is 51.9 Å². The fourth-order valence-corrected chi connectivity index (χ4v) is 4.10. The average molecular weight is 432 g/mol. The first-order valence-electron chi connectivity index (χ1n) is 9.13. The van der Waals surface area contributed by atoms with Crippen molar-refractivity contribution >= 4 is 30.0 Å². The van der Waals surface area contributed by atoms with Crippen LogP contribution < -0.4 is 10.1 Å². The number of nitrogens with one attached hydrogen (secondary N) is 1. The molecule has 1 aromatic carbocycles. The van der Waals surface area contributed by atoms with Crippen LogP contribution in [0.25, 0.3) is 0 Å². The predicted octanol–water partition coefficient (Wildman–Crippen LogP) is 3.64. The largest absolute Gasteiger partial charge is 0.497 e. The highest BCUT2D eigenvalue weighted by Gasteiger charge is 2.41. The maximum atomic E-state index is 12.9. The lowest BCUT2D eigenvalue weighted by Gasteiger charge is -2.40. The van der Waals surface area contributed by atoms with E-state index in [4.69, 9.17) is 13.3 Å². The number of carbonyl (C=O) groups is 1. The summed E-state index contributed by atoms with van der Waals surface area (Å²) in [7, 11) is -4.28. The van der Waals surface area contributed by atoms with Gasteiger partial charge in [0.15, 0.2) is 8.32 Å². The molecule has 2 atom stereocenters. The molecule has 0 unspecified atom stereocenters. The molecule has 0 radical (unpaired) electrons. The highest BCUT2D eigenvalue weighted by molar-refractivity contribution is 7.85. The Morgan fingerprint density at radius 2 is 1.71 bits per heavy atom. The van der Waals surface area contributed by atoms with Gasteiger partial charge in [-0.2, -0.15) is 8.42 Å². The minimum absolute atomic E-state index is 0.0457. The van der Waals surface area contributed by atoms with Gasteiger partial charge in [-0.1, -0.05) is 20.8 Å². The lowest BCUT2D eigenvalue weighted by atomic mass is 10.0. The Labute approximate surface area is 170 Å². The van der Waals surface area contributed by atoms with E-state index in [2.05, 4.69) is 39.2 Å². The summed E-state index contributed by atoms with van der Waals surface area (Å²) in [6.07, 6.45) is 0.450. The number of amides is 1. The molecule has 9 heteroatoms. The summed E-state index contributed by atoms with van der Waals surface area (Å²) in [5, 5.41) is 2.76. The number of carbonyl (C=O) groups excluding carboxylic acids is 1. The Bertz CT molecular complexity index is 756. The van der Waals surface area contributed by atoms with Crippen molar-refractivity contribution in [3.05, 3.63) is 24.3 Å². The van der Waals surface area contributed by atoms with Crippen molar-refractivity contribution in [1.29, 1.82) is 0 Å². The molecular weight excluding hydrogens is 398 g/mol. The first-order chi connectivity index (χ1) is 12.7. The Morgan fingerprint density at radius 3 is 2.14 bits per heavy atom. The van der Waals surface area contributed by atoms with Crippen LogP contribution in [-0.4, -0.2) is 48.7 Å². The predicted molar refractivity (Wildman–Crippen MR) is 114 cm³/mol. The van der Waals surface area contributed by atoms with Crippen molar-refractivity contribution < 1.29 is 26.6 Å². The highest BCUT2D eigenvalue weighted by Crippen LogP contribution is 2.38. The summed E-state index contributed by atoms with van der Waals surface area (Å²) < 4.78 is 39.3. The molecule has 0 aliphatic rings. The third kappa shape index (κ3) is 7.54. The van der Waals surface area contributed by atoms with E-state index >= 15 is 0 Å². The molecule has 0 fully saturated rings. The molecule has 0 saturated heterocycles. The SMILES string of the molecule is COc1ccc(NC(=O)[C@@H](COS(C)(=O)=O)[C@@H](C)O[Si](C)(C)C(C)(C)C)cc1. The van der Waals surface area contributed by atoms with Gasteiger partial charge in [0, 0.05) is 5.69 Å². The standard InChI is InChI=1S/C19H33NO6SSi/c1-14(26-28(7,8)19(2,3)4)17(13-25-27(6,22)23)18(21)20-15-9-11-16(24-5)12-10-15/h9-12,14,17H,13H2,1-8H3,(H,20,21)/t14-,17+/m1/s1. The molecule has 1 amide bonds. The Kier molecular flexibility index (Phi) is 8.25. The summed E-state index contributed by atoms with van der Waals surface area (Å²) in [6.45, 7) is 12.0. The molecular formula is C19H33NO6SSi. The maximum Gasteiger partial charge on any atom is 0.264 e. The summed E-state index contributed by atoms with van der Waals surface area (Å²) in [5.41, 5.74) is 0.578. The monoisotopic (exact) mass is 431 g/mol. The molecule has 0 aliphatic heterocycles. The van der Waals surface area contributed by atoms with Gasteiger partial charge in [0.05, 0.1) is 32.0 Å². The molecule has 28 heavy (non-hydrogen) atoms. The van der Waals surface area contributed by atoms with Crippen LogP contribution in [-0.2, 0) is 23.5 Å². The molecule has 0 bridgehead atoms. The maximum absolute atomic E-state index is 12.9. The average Bonchev–Trinajstić information content (AvgIpc) is 2.53. The summed E-state index contributed by atoms with van der Waals surface area (Å²) in [6, 6.07) is 6.88. The summed E-state index contributed by atoms with van der Waals surface area (Å²) in [4.78, 5) is 12.9. The van der Waals surface area contributed by atoms with Gasteiger partial charge in [-0.05, 0) is 49.3 Å². The van der Waals surface area contributed by atoms with Gasteiger partial charge in [0.2, 0.25) is 5.91 Å². The zero-order chi connectivity index (χ0) is 21.8. The highest BCUT2D eigenvalue weighted by atomic mass is 32.2. The lowest BCUT2D eigenvalue weighted by Crippen LogP contribution is -2.47. The fraction of sp³-hybridized carbons (Fsp3) is 0.632. The van der Waals surface area contributed by atoms with Crippen LogP contribution in [0.15, 0.2) is 24.3 Å². The van der Waals surface area contributed by atoms with Crippen LogP contribution in [0, 0.1) is 5.92 Å². The van der Waals surface area contributed by atoms with Crippen molar-refractivity contribution in [2.24, 2.45) is 5.92 Å². The quantitative estimate of drug-likeness (QED) is 0.474. The van der Waals surface area contributed by atoms with Crippen molar-refractivity contribution in [2.75, 3.05) is 25.3 Å². The Hall–Kier alpha value is -1.42. The normalized spacial score (nSPS) is 15.0. The number of rotatable bonds is 9. The summed E-state index contributed by atoms with van der Waals surface area (Å²) >= 11 is 0. The second kappa shape index (κ2) is 9.38. The minimum Gasteiger partial charge on any atom is -0.497 e. The molecule has 0 heterocycles. The van der Waals surface area contributed by atoms with E-state index in [0.29, 0.717) is 11.4 Å². The third-order valence-electron chi connectivity index (χ3n) is 5.01. The van der Waals surface area contributed by atoms with E-state index in [1.807, 2.05) is 0 Å². The van der Waals surface area contributed by atoms with Gasteiger partial charge in [0.25, 0.3) is 10.1 Å².